The van der Waals surface area contributed by atoms with Crippen LogP contribution in [0.2, 0.25) is 0 Å². The second kappa shape index (κ2) is 3.28. The highest BCUT2D eigenvalue weighted by molar-refractivity contribution is 5.61. The molecule has 0 saturated heterocycles. The fourth-order valence-corrected chi connectivity index (χ4v) is 2.40. The maximum atomic E-state index is 6.06. The Morgan fingerprint density at radius 1 is 1.29 bits per heavy atom. The summed E-state index contributed by atoms with van der Waals surface area (Å²) >= 11 is 0. The zero-order valence-electron chi connectivity index (χ0n) is 8.93. The molecule has 0 spiro atoms. The van der Waals surface area contributed by atoms with Gasteiger partial charge in [-0.3, -0.25) is 0 Å². The van der Waals surface area contributed by atoms with Gasteiger partial charge in [-0.2, -0.15) is 0 Å². The number of benzene rings is 1. The van der Waals surface area contributed by atoms with Crippen molar-refractivity contribution >= 4 is 5.69 Å². The predicted molar refractivity (Wildman–Crippen MR) is 60.2 cm³/mol. The third-order valence-corrected chi connectivity index (χ3v) is 3.18. The fraction of sp³-hybridized carbons (Fsp3) is 0.500. The van der Waals surface area contributed by atoms with Gasteiger partial charge in [0.15, 0.2) is 0 Å². The molecule has 2 nitrogen and oxygen atoms in total. The first-order valence-electron chi connectivity index (χ1n) is 5.27. The first kappa shape index (κ1) is 9.53. The first-order chi connectivity index (χ1) is 6.61. The average molecular weight is 190 g/mol. The number of aryl methyl sites for hydroxylation is 1. The Labute approximate surface area is 85.3 Å². The molecule has 0 aromatic heterocycles. The SMILES string of the molecule is Cc1cc([C@H](C)N)c2c(c1N)CCC2. The number of anilines is 1. The van der Waals surface area contributed by atoms with Gasteiger partial charge in [0.25, 0.3) is 0 Å². The van der Waals surface area contributed by atoms with Crippen molar-refractivity contribution in [1.29, 1.82) is 0 Å². The highest BCUT2D eigenvalue weighted by Gasteiger charge is 2.20. The van der Waals surface area contributed by atoms with Crippen molar-refractivity contribution in [2.24, 2.45) is 5.73 Å². The Kier molecular flexibility index (Phi) is 2.23. The molecule has 0 radical (unpaired) electrons. The van der Waals surface area contributed by atoms with Crippen molar-refractivity contribution in [2.75, 3.05) is 5.73 Å². The summed E-state index contributed by atoms with van der Waals surface area (Å²) in [6.45, 7) is 4.11. The zero-order chi connectivity index (χ0) is 10.3. The summed E-state index contributed by atoms with van der Waals surface area (Å²) in [5.74, 6) is 0. The van der Waals surface area contributed by atoms with Crippen LogP contribution in [-0.4, -0.2) is 0 Å². The topological polar surface area (TPSA) is 52.0 Å². The van der Waals surface area contributed by atoms with Gasteiger partial charge in [-0.25, -0.2) is 0 Å². The van der Waals surface area contributed by atoms with Gasteiger partial charge in [0, 0.05) is 11.7 Å². The lowest BCUT2D eigenvalue weighted by molar-refractivity contribution is 0.798. The minimum Gasteiger partial charge on any atom is -0.398 e. The molecular weight excluding hydrogens is 172 g/mol. The van der Waals surface area contributed by atoms with Crippen LogP contribution in [0, 0.1) is 6.92 Å². The van der Waals surface area contributed by atoms with Crippen LogP contribution in [-0.2, 0) is 12.8 Å². The molecule has 1 aliphatic rings. The normalized spacial score (nSPS) is 16.8. The molecule has 1 atom stereocenters. The molecule has 4 N–H and O–H groups in total. The Bertz CT molecular complexity index is 367. The molecule has 1 aromatic rings. The lowest BCUT2D eigenvalue weighted by Crippen LogP contribution is -2.10. The Morgan fingerprint density at radius 3 is 2.57 bits per heavy atom. The maximum absolute atomic E-state index is 6.06. The van der Waals surface area contributed by atoms with Crippen molar-refractivity contribution in [1.82, 2.24) is 0 Å². The summed E-state index contributed by atoms with van der Waals surface area (Å²) < 4.78 is 0. The maximum Gasteiger partial charge on any atom is 0.0379 e. The van der Waals surface area contributed by atoms with E-state index in [-0.39, 0.29) is 6.04 Å². The van der Waals surface area contributed by atoms with Crippen LogP contribution in [0.15, 0.2) is 6.07 Å². The molecule has 0 saturated carbocycles. The number of hydrogen-bond donors (Lipinski definition) is 2. The van der Waals surface area contributed by atoms with Crippen LogP contribution in [0.4, 0.5) is 5.69 Å². The Balaban J connectivity index is 2.64. The van der Waals surface area contributed by atoms with Crippen molar-refractivity contribution < 1.29 is 0 Å². The van der Waals surface area contributed by atoms with Gasteiger partial charge >= 0.3 is 0 Å². The number of nitrogens with two attached hydrogens (primary N) is 2. The molecule has 2 rings (SSSR count). The van der Waals surface area contributed by atoms with Crippen LogP contribution in [0.1, 0.15) is 41.6 Å². The zero-order valence-corrected chi connectivity index (χ0v) is 8.93. The summed E-state index contributed by atoms with van der Waals surface area (Å²) in [6, 6.07) is 2.28. The van der Waals surface area contributed by atoms with E-state index < -0.39 is 0 Å². The van der Waals surface area contributed by atoms with Gasteiger partial charge in [-0.05, 0) is 55.4 Å². The Morgan fingerprint density at radius 2 is 1.93 bits per heavy atom. The summed E-state index contributed by atoms with van der Waals surface area (Å²) in [7, 11) is 0. The van der Waals surface area contributed by atoms with Crippen molar-refractivity contribution in [3.63, 3.8) is 0 Å². The largest absolute Gasteiger partial charge is 0.398 e. The van der Waals surface area contributed by atoms with E-state index in [9.17, 15) is 0 Å². The van der Waals surface area contributed by atoms with Gasteiger partial charge < -0.3 is 11.5 Å². The highest BCUT2D eigenvalue weighted by atomic mass is 14.6. The predicted octanol–water partition coefficient (Wildman–Crippen LogP) is 2.09. The summed E-state index contributed by atoms with van der Waals surface area (Å²) in [4.78, 5) is 0. The van der Waals surface area contributed by atoms with Crippen LogP contribution in [0.5, 0.6) is 0 Å². The molecule has 2 heteroatoms. The van der Waals surface area contributed by atoms with Gasteiger partial charge in [0.05, 0.1) is 0 Å². The van der Waals surface area contributed by atoms with E-state index >= 15 is 0 Å². The average Bonchev–Trinajstić information content (AvgIpc) is 2.59. The van der Waals surface area contributed by atoms with E-state index in [0.29, 0.717) is 0 Å². The molecule has 0 bridgehead atoms. The fourth-order valence-electron chi connectivity index (χ4n) is 2.40. The quantitative estimate of drug-likeness (QED) is 0.666. The van der Waals surface area contributed by atoms with Gasteiger partial charge in [-0.1, -0.05) is 6.07 Å². The minimum atomic E-state index is 0.126. The van der Waals surface area contributed by atoms with Gasteiger partial charge in [0.1, 0.15) is 0 Å². The van der Waals surface area contributed by atoms with Crippen LogP contribution >= 0.6 is 0 Å². The van der Waals surface area contributed by atoms with Crippen molar-refractivity contribution in [3.05, 3.63) is 28.3 Å². The first-order valence-corrected chi connectivity index (χ1v) is 5.27. The summed E-state index contributed by atoms with van der Waals surface area (Å²) in [6.07, 6.45) is 3.50. The molecule has 0 aliphatic heterocycles. The molecule has 0 unspecified atom stereocenters. The molecule has 14 heavy (non-hydrogen) atoms. The molecule has 0 heterocycles. The van der Waals surface area contributed by atoms with E-state index in [1.807, 2.05) is 6.92 Å². The number of nitrogen functional groups attached to an aromatic ring is 1. The lowest BCUT2D eigenvalue weighted by Gasteiger charge is -2.16. The van der Waals surface area contributed by atoms with E-state index in [0.717, 1.165) is 18.5 Å². The van der Waals surface area contributed by atoms with Crippen molar-refractivity contribution in [3.8, 4) is 0 Å². The number of fused-ring (bicyclic) bond motifs is 1. The number of hydrogen-bond acceptors (Lipinski definition) is 2. The summed E-state index contributed by atoms with van der Waals surface area (Å²) in [5, 5.41) is 0. The highest BCUT2D eigenvalue weighted by Crippen LogP contribution is 2.34. The molecular formula is C12H18N2. The molecule has 0 amide bonds. The van der Waals surface area contributed by atoms with E-state index in [4.69, 9.17) is 11.5 Å². The minimum absolute atomic E-state index is 0.126. The van der Waals surface area contributed by atoms with Gasteiger partial charge in [-0.15, -0.1) is 0 Å². The second-order valence-corrected chi connectivity index (χ2v) is 4.30. The van der Waals surface area contributed by atoms with Crippen LogP contribution < -0.4 is 11.5 Å². The Hall–Kier alpha value is -1.02. The van der Waals surface area contributed by atoms with E-state index in [1.54, 1.807) is 0 Å². The standard InChI is InChI=1S/C12H18N2/c1-7-6-11(8(2)13)9-4-3-5-10(9)12(7)14/h6,8H,3-5,13-14H2,1-2H3/t8-/m0/s1. The molecule has 1 aliphatic carbocycles. The van der Waals surface area contributed by atoms with E-state index in [2.05, 4.69) is 13.0 Å². The summed E-state index contributed by atoms with van der Waals surface area (Å²) in [5.41, 5.74) is 18.3. The molecule has 1 aromatic carbocycles. The van der Waals surface area contributed by atoms with Crippen molar-refractivity contribution in [2.45, 2.75) is 39.2 Å². The second-order valence-electron chi connectivity index (χ2n) is 4.30. The van der Waals surface area contributed by atoms with E-state index in [1.165, 1.54) is 28.7 Å². The van der Waals surface area contributed by atoms with Crippen LogP contribution in [0.3, 0.4) is 0 Å². The van der Waals surface area contributed by atoms with Crippen LogP contribution in [0.25, 0.3) is 0 Å². The lowest BCUT2D eigenvalue weighted by atomic mass is 9.94. The molecule has 0 fully saturated rings. The monoisotopic (exact) mass is 190 g/mol. The third kappa shape index (κ3) is 1.30. The molecule has 76 valence electrons. The third-order valence-electron chi connectivity index (χ3n) is 3.18. The smallest absolute Gasteiger partial charge is 0.0379 e. The number of rotatable bonds is 1. The van der Waals surface area contributed by atoms with Gasteiger partial charge in [0.2, 0.25) is 0 Å².